The van der Waals surface area contributed by atoms with Crippen LogP contribution in [-0.2, 0) is 55.2 Å². The molecule has 4 N–H and O–H groups in total. The third kappa shape index (κ3) is 9.87. The summed E-state index contributed by atoms with van der Waals surface area (Å²) in [5.41, 5.74) is 9.84. The molecular weight excluding hydrogens is 821 g/mol. The van der Waals surface area contributed by atoms with Gasteiger partial charge in [0.25, 0.3) is 11.8 Å². The average Bonchev–Trinajstić information content (AvgIpc) is 3.59. The Hall–Kier alpha value is -5.22. The molecule has 3 aromatic carbocycles. The molecule has 9 rings (SSSR count). The summed E-state index contributed by atoms with van der Waals surface area (Å²) in [5, 5.41) is 25.4. The lowest BCUT2D eigenvalue weighted by Crippen LogP contribution is -2.40. The molecule has 0 aliphatic carbocycles. The van der Waals surface area contributed by atoms with Crippen molar-refractivity contribution in [2.75, 3.05) is 70.6 Å². The van der Waals surface area contributed by atoms with E-state index in [0.717, 1.165) is 118 Å². The van der Waals surface area contributed by atoms with Crippen LogP contribution in [0.5, 0.6) is 11.5 Å². The summed E-state index contributed by atoms with van der Waals surface area (Å²) < 4.78 is 18.2. The quantitative estimate of drug-likeness (QED) is 0.0925. The second-order valence-electron chi connectivity index (χ2n) is 16.4. The van der Waals surface area contributed by atoms with Crippen molar-refractivity contribution < 1.29 is 53.5 Å². The topological polar surface area (TPSA) is 188 Å². The van der Waals surface area contributed by atoms with Gasteiger partial charge in [0.1, 0.15) is 18.3 Å². The monoisotopic (exact) mass is 888 g/mol. The summed E-state index contributed by atoms with van der Waals surface area (Å²) in [7, 11) is 4.25. The van der Waals surface area contributed by atoms with Crippen LogP contribution in [0.3, 0.4) is 0 Å². The van der Waals surface area contributed by atoms with Crippen LogP contribution in [0.25, 0.3) is 0 Å². The summed E-state index contributed by atoms with van der Waals surface area (Å²) in [5.74, 6) is 0.0994. The number of hydrogen-bond donors (Lipinski definition) is 4. The van der Waals surface area contributed by atoms with Gasteiger partial charge in [-0.2, -0.15) is 5.06 Å². The molecule has 6 aliphatic heterocycles. The zero-order valence-corrected chi connectivity index (χ0v) is 38.9. The maximum atomic E-state index is 14.2. The second kappa shape index (κ2) is 22.6. The molecule has 64 heavy (non-hydrogen) atoms. The van der Waals surface area contributed by atoms with Crippen LogP contribution in [0.15, 0.2) is 30.3 Å². The first-order valence-electron chi connectivity index (χ1n) is 22.7. The van der Waals surface area contributed by atoms with Crippen LogP contribution in [0.2, 0.25) is 0 Å². The minimum Gasteiger partial charge on any atom is -0.456 e. The van der Waals surface area contributed by atoms with E-state index in [1.807, 2.05) is 32.9 Å². The number of nitrogens with one attached hydrogen (secondary N) is 1. The van der Waals surface area contributed by atoms with E-state index in [0.29, 0.717) is 30.4 Å². The molecule has 0 aromatic heterocycles. The van der Waals surface area contributed by atoms with Crippen LogP contribution in [0, 0.1) is 0 Å². The van der Waals surface area contributed by atoms with Gasteiger partial charge in [-0.05, 0) is 113 Å². The summed E-state index contributed by atoms with van der Waals surface area (Å²) in [6.45, 7) is 12.3. The van der Waals surface area contributed by atoms with Crippen molar-refractivity contribution in [2.45, 2.75) is 117 Å². The van der Waals surface area contributed by atoms with Gasteiger partial charge in [-0.3, -0.25) is 14.4 Å². The standard InChI is InChI=1S/C43H48N4O7.C2H6O.C2H6.CH4O2.CH4O/c1-25(10-4-5-21-47(26(2)48)54-27(3)49)44-41(50)30-15-16-34-33(22-30)42(51)53-43(34)35-23-28-11-6-17-45-19-8-13-31(37(28)45)39(35)52-40-32-14-9-20-46-18-7-12-29(38(32)46)24-36(40)43;1-3-2;1-2;2-1-3;1-2/h15-16,22-25H,4-14,17-21H2,1-3H3,(H,44,50);1-2H3;1-2H3;2-3H,1H2;2H,1H3/t25-;;;;/m1..../s1. The molecule has 0 bridgehead atoms. The number of benzene rings is 3. The number of amides is 2. The Morgan fingerprint density at radius 2 is 1.31 bits per heavy atom. The Kier molecular flexibility index (Phi) is 17.6. The van der Waals surface area contributed by atoms with Crippen molar-refractivity contribution in [2.24, 2.45) is 0 Å². The van der Waals surface area contributed by atoms with E-state index >= 15 is 0 Å². The number of ether oxygens (including phenoxy) is 3. The van der Waals surface area contributed by atoms with E-state index in [1.54, 1.807) is 20.3 Å². The number of fused-ring (bicyclic) bond motifs is 8. The molecule has 15 heteroatoms. The minimum atomic E-state index is -1.19. The Labute approximate surface area is 377 Å². The highest BCUT2D eigenvalue weighted by Crippen LogP contribution is 2.62. The zero-order valence-electron chi connectivity index (χ0n) is 38.9. The number of aryl methyl sites for hydroxylation is 2. The van der Waals surface area contributed by atoms with Gasteiger partial charge in [-0.15, -0.1) is 0 Å². The van der Waals surface area contributed by atoms with Crippen LogP contribution >= 0.6 is 0 Å². The fourth-order valence-electron chi connectivity index (χ4n) is 9.98. The normalized spacial score (nSPS) is 16.5. The first-order valence-corrected chi connectivity index (χ1v) is 22.7. The molecule has 2 amide bonds. The number of nitrogens with zero attached hydrogens (tertiary/aromatic N) is 3. The van der Waals surface area contributed by atoms with E-state index in [2.05, 4.69) is 32.0 Å². The Morgan fingerprint density at radius 1 is 0.812 bits per heavy atom. The number of carbonyl (C=O) groups is 4. The van der Waals surface area contributed by atoms with Crippen molar-refractivity contribution >= 4 is 35.1 Å². The molecule has 3 aromatic rings. The fraction of sp³-hybridized carbons (Fsp3) is 0.551. The average molecular weight is 889 g/mol. The van der Waals surface area contributed by atoms with E-state index in [4.69, 9.17) is 29.6 Å². The number of aliphatic hydroxyl groups is 3. The highest BCUT2D eigenvalue weighted by Gasteiger charge is 2.56. The molecule has 15 nitrogen and oxygen atoms in total. The zero-order chi connectivity index (χ0) is 46.7. The number of hydroxylamine groups is 2. The number of carbonyl (C=O) groups excluding carboxylic acids is 4. The minimum absolute atomic E-state index is 0.164. The third-order valence-electron chi connectivity index (χ3n) is 12.3. The van der Waals surface area contributed by atoms with E-state index < -0.39 is 24.3 Å². The summed E-state index contributed by atoms with van der Waals surface area (Å²) in [4.78, 5) is 61.0. The van der Waals surface area contributed by atoms with Crippen molar-refractivity contribution in [1.82, 2.24) is 10.4 Å². The van der Waals surface area contributed by atoms with Gasteiger partial charge in [-0.1, -0.05) is 19.9 Å². The maximum Gasteiger partial charge on any atom is 0.340 e. The van der Waals surface area contributed by atoms with Crippen LogP contribution in [0.1, 0.15) is 139 Å². The molecule has 6 heterocycles. The van der Waals surface area contributed by atoms with Crippen molar-refractivity contribution in [3.8, 4) is 11.5 Å². The Balaban J connectivity index is 0.000000714. The molecule has 1 atom stereocenters. The van der Waals surface area contributed by atoms with Crippen LogP contribution in [-0.4, -0.2) is 111 Å². The van der Waals surface area contributed by atoms with Crippen molar-refractivity contribution in [3.63, 3.8) is 0 Å². The molecule has 6 aliphatic rings. The number of unbranched alkanes of at least 4 members (excludes halogenated alkanes) is 1. The lowest BCUT2D eigenvalue weighted by atomic mass is 9.72. The van der Waals surface area contributed by atoms with E-state index in [1.165, 1.54) is 47.5 Å². The molecule has 0 saturated heterocycles. The van der Waals surface area contributed by atoms with Gasteiger partial charge in [0.2, 0.25) is 0 Å². The number of aliphatic hydroxyl groups excluding tert-OH is 2. The van der Waals surface area contributed by atoms with Crippen LogP contribution in [0.4, 0.5) is 11.4 Å². The first kappa shape index (κ1) is 49.8. The predicted molar refractivity (Wildman–Crippen MR) is 244 cm³/mol. The number of methoxy groups -OCH3 is 1. The number of esters is 1. The number of hydrogen-bond acceptors (Lipinski definition) is 13. The number of rotatable bonds is 7. The largest absolute Gasteiger partial charge is 0.456 e. The Bertz CT molecular complexity index is 2070. The summed E-state index contributed by atoms with van der Waals surface area (Å²) >= 11 is 0. The highest BCUT2D eigenvalue weighted by molar-refractivity contribution is 6.02. The fourth-order valence-corrected chi connectivity index (χ4v) is 9.98. The van der Waals surface area contributed by atoms with Gasteiger partial charge in [0.15, 0.2) is 5.60 Å². The van der Waals surface area contributed by atoms with Gasteiger partial charge in [-0.25, -0.2) is 4.79 Å². The molecule has 350 valence electrons. The van der Waals surface area contributed by atoms with Gasteiger partial charge in [0, 0.05) is 112 Å². The van der Waals surface area contributed by atoms with Crippen molar-refractivity contribution in [1.29, 1.82) is 0 Å². The number of anilines is 2. The maximum absolute atomic E-state index is 14.2. The van der Waals surface area contributed by atoms with Gasteiger partial charge >= 0.3 is 11.9 Å². The van der Waals surface area contributed by atoms with Gasteiger partial charge in [0.05, 0.1) is 12.1 Å². The second-order valence-corrected chi connectivity index (χ2v) is 16.4. The summed E-state index contributed by atoms with van der Waals surface area (Å²) in [6.07, 6.45) is 10.0. The van der Waals surface area contributed by atoms with Crippen LogP contribution < -0.4 is 19.9 Å². The van der Waals surface area contributed by atoms with E-state index in [9.17, 15) is 19.2 Å². The van der Waals surface area contributed by atoms with Gasteiger partial charge < -0.3 is 49.5 Å². The molecular formula is C49H68N4O11. The lowest BCUT2D eigenvalue weighted by Gasteiger charge is -2.45. The van der Waals surface area contributed by atoms with E-state index in [-0.39, 0.29) is 24.4 Å². The third-order valence-corrected chi connectivity index (χ3v) is 12.3. The first-order chi connectivity index (χ1) is 31.0. The molecule has 0 fully saturated rings. The molecule has 1 spiro atoms. The SMILES string of the molecule is CC.CC(=O)ON(CCCC[C@@H](C)NC(=O)c1ccc2c(c1)C(=O)OC21c2cc3c4c(c2Oc2c1cc1c5c2CCCN5CCC1)CCCN4CCC3)C(C)=O.CO.COC.OCO. The van der Waals surface area contributed by atoms with Crippen molar-refractivity contribution in [3.05, 3.63) is 80.4 Å². The smallest absolute Gasteiger partial charge is 0.340 e. The highest BCUT2D eigenvalue weighted by atomic mass is 16.7. The molecule has 0 radical (unpaired) electrons. The molecule has 0 saturated carbocycles. The molecule has 0 unspecified atom stereocenters. The predicted octanol–water partition coefficient (Wildman–Crippen LogP) is 6.09. The Morgan fingerprint density at radius 3 is 1.80 bits per heavy atom. The lowest BCUT2D eigenvalue weighted by molar-refractivity contribution is -0.195. The summed E-state index contributed by atoms with van der Waals surface area (Å²) in [6, 6.07) is 9.80.